The van der Waals surface area contributed by atoms with Gasteiger partial charge in [-0.25, -0.2) is 13.1 Å². The maximum absolute atomic E-state index is 12.7. The van der Waals surface area contributed by atoms with Gasteiger partial charge in [0.05, 0.1) is 21.2 Å². The summed E-state index contributed by atoms with van der Waals surface area (Å²) in [7, 11) is -3.71. The normalized spacial score (nSPS) is 13.0. The van der Waals surface area contributed by atoms with E-state index in [1.807, 2.05) is 38.1 Å². The van der Waals surface area contributed by atoms with E-state index < -0.39 is 16.1 Å². The molecule has 1 unspecified atom stereocenters. The van der Waals surface area contributed by atoms with Crippen LogP contribution in [0.1, 0.15) is 19.4 Å². The molecule has 144 valence electrons. The molecule has 1 aromatic heterocycles. The Morgan fingerprint density at radius 1 is 1.22 bits per heavy atom. The number of aromatic nitrogens is 1. The van der Waals surface area contributed by atoms with E-state index in [1.165, 1.54) is 6.07 Å². The van der Waals surface area contributed by atoms with Crippen LogP contribution in [0.15, 0.2) is 52.2 Å². The summed E-state index contributed by atoms with van der Waals surface area (Å²) < 4.78 is 36.0. The summed E-state index contributed by atoms with van der Waals surface area (Å²) in [6.45, 7) is 6.34. The third-order valence-electron chi connectivity index (χ3n) is 4.21. The molecule has 2 aromatic carbocycles. The highest BCUT2D eigenvalue weighted by atomic mass is 32.2. The Balaban J connectivity index is 1.75. The van der Waals surface area contributed by atoms with Crippen molar-refractivity contribution in [1.82, 2.24) is 9.29 Å². The Bertz CT molecular complexity index is 1120. The molecule has 6 nitrogen and oxygen atoms in total. The fourth-order valence-electron chi connectivity index (χ4n) is 2.81. The van der Waals surface area contributed by atoms with Crippen LogP contribution in [0.4, 0.5) is 0 Å². The standard InChI is InChI=1S/C19H22N2O4S2/c1-4-21-16-10-9-15(11-18(16)26-19(21)22)27(23,24)20-14(3)12-25-17-8-6-5-7-13(17)2/h5-11,14,20H,4,12H2,1-3H3. The zero-order valence-electron chi connectivity index (χ0n) is 15.4. The minimum absolute atomic E-state index is 0.0880. The second kappa shape index (κ2) is 7.84. The molecule has 3 aromatic rings. The molecular weight excluding hydrogens is 384 g/mol. The molecule has 0 bridgehead atoms. The van der Waals surface area contributed by atoms with Crippen molar-refractivity contribution in [3.8, 4) is 5.75 Å². The number of nitrogens with zero attached hydrogens (tertiary/aromatic N) is 1. The monoisotopic (exact) mass is 406 g/mol. The number of para-hydroxylation sites is 1. The minimum atomic E-state index is -3.71. The highest BCUT2D eigenvalue weighted by Gasteiger charge is 2.19. The molecular formula is C19H22N2O4S2. The van der Waals surface area contributed by atoms with E-state index in [1.54, 1.807) is 23.6 Å². The number of sulfonamides is 1. The first-order chi connectivity index (χ1) is 12.8. The summed E-state index contributed by atoms with van der Waals surface area (Å²) in [5.74, 6) is 0.732. The van der Waals surface area contributed by atoms with Crippen LogP contribution in [0.3, 0.4) is 0 Å². The van der Waals surface area contributed by atoms with Crippen molar-refractivity contribution in [3.63, 3.8) is 0 Å². The molecule has 3 rings (SSSR count). The van der Waals surface area contributed by atoms with Gasteiger partial charge in [0.2, 0.25) is 10.0 Å². The number of hydrogen-bond acceptors (Lipinski definition) is 5. The van der Waals surface area contributed by atoms with Gasteiger partial charge in [0.1, 0.15) is 12.4 Å². The fourth-order valence-corrected chi connectivity index (χ4v) is 5.14. The van der Waals surface area contributed by atoms with E-state index in [-0.39, 0.29) is 16.4 Å². The first-order valence-electron chi connectivity index (χ1n) is 8.66. The van der Waals surface area contributed by atoms with Gasteiger partial charge in [-0.3, -0.25) is 9.36 Å². The molecule has 0 aliphatic heterocycles. The number of hydrogen-bond donors (Lipinski definition) is 1. The van der Waals surface area contributed by atoms with Crippen LogP contribution >= 0.6 is 11.3 Å². The molecule has 0 fully saturated rings. The Labute approximate surface area is 162 Å². The van der Waals surface area contributed by atoms with Gasteiger partial charge in [-0.2, -0.15) is 0 Å². The molecule has 0 amide bonds. The van der Waals surface area contributed by atoms with Gasteiger partial charge in [0.25, 0.3) is 0 Å². The zero-order valence-corrected chi connectivity index (χ0v) is 17.1. The van der Waals surface area contributed by atoms with Crippen molar-refractivity contribution in [2.45, 2.75) is 38.3 Å². The molecule has 1 heterocycles. The lowest BCUT2D eigenvalue weighted by Crippen LogP contribution is -2.36. The lowest BCUT2D eigenvalue weighted by atomic mass is 10.2. The van der Waals surface area contributed by atoms with E-state index in [0.717, 1.165) is 28.2 Å². The molecule has 0 aliphatic rings. The highest BCUT2D eigenvalue weighted by molar-refractivity contribution is 7.89. The smallest absolute Gasteiger partial charge is 0.308 e. The lowest BCUT2D eigenvalue weighted by molar-refractivity contribution is 0.286. The van der Waals surface area contributed by atoms with Crippen LogP contribution in [0, 0.1) is 6.92 Å². The van der Waals surface area contributed by atoms with Gasteiger partial charge in [-0.15, -0.1) is 0 Å². The van der Waals surface area contributed by atoms with Crippen LogP contribution in [-0.2, 0) is 16.6 Å². The van der Waals surface area contributed by atoms with Gasteiger partial charge < -0.3 is 4.74 Å². The average molecular weight is 407 g/mol. The predicted molar refractivity (Wildman–Crippen MR) is 108 cm³/mol. The topological polar surface area (TPSA) is 77.4 Å². The summed E-state index contributed by atoms with van der Waals surface area (Å²) in [5.41, 5.74) is 1.75. The zero-order chi connectivity index (χ0) is 19.6. The maximum atomic E-state index is 12.7. The predicted octanol–water partition coefficient (Wildman–Crippen LogP) is 3.14. The Morgan fingerprint density at radius 2 is 1.96 bits per heavy atom. The molecule has 27 heavy (non-hydrogen) atoms. The van der Waals surface area contributed by atoms with E-state index >= 15 is 0 Å². The van der Waals surface area contributed by atoms with Crippen molar-refractivity contribution < 1.29 is 13.2 Å². The maximum Gasteiger partial charge on any atom is 0.308 e. The molecule has 0 radical (unpaired) electrons. The largest absolute Gasteiger partial charge is 0.492 e. The summed E-state index contributed by atoms with van der Waals surface area (Å²) in [6, 6.07) is 11.9. The van der Waals surface area contributed by atoms with Crippen molar-refractivity contribution in [3.05, 3.63) is 57.7 Å². The van der Waals surface area contributed by atoms with Gasteiger partial charge in [-0.1, -0.05) is 29.5 Å². The van der Waals surface area contributed by atoms with E-state index in [0.29, 0.717) is 11.2 Å². The number of benzene rings is 2. The summed E-state index contributed by atoms with van der Waals surface area (Å²) in [6.07, 6.45) is 0. The number of ether oxygens (including phenoxy) is 1. The van der Waals surface area contributed by atoms with Crippen molar-refractivity contribution in [2.75, 3.05) is 6.61 Å². The van der Waals surface area contributed by atoms with Gasteiger partial charge in [0, 0.05) is 6.54 Å². The van der Waals surface area contributed by atoms with Crippen LogP contribution in [0.5, 0.6) is 5.75 Å². The minimum Gasteiger partial charge on any atom is -0.492 e. The number of thiazole rings is 1. The molecule has 0 spiro atoms. The van der Waals surface area contributed by atoms with Crippen molar-refractivity contribution >= 4 is 31.6 Å². The Kier molecular flexibility index (Phi) is 5.69. The fraction of sp³-hybridized carbons (Fsp3) is 0.316. The van der Waals surface area contributed by atoms with Gasteiger partial charge in [0.15, 0.2) is 0 Å². The van der Waals surface area contributed by atoms with E-state index in [4.69, 9.17) is 4.74 Å². The third-order valence-corrected chi connectivity index (χ3v) is 6.73. The molecule has 1 atom stereocenters. The lowest BCUT2D eigenvalue weighted by Gasteiger charge is -2.16. The van der Waals surface area contributed by atoms with Gasteiger partial charge >= 0.3 is 4.87 Å². The number of nitrogens with one attached hydrogen (secondary N) is 1. The van der Waals surface area contributed by atoms with Crippen molar-refractivity contribution in [1.29, 1.82) is 0 Å². The SMILES string of the molecule is CCn1c(=O)sc2cc(S(=O)(=O)NC(C)COc3ccccc3C)ccc21. The summed E-state index contributed by atoms with van der Waals surface area (Å²) >= 11 is 1.05. The molecule has 8 heteroatoms. The summed E-state index contributed by atoms with van der Waals surface area (Å²) in [4.78, 5) is 12.0. The van der Waals surface area contributed by atoms with Crippen LogP contribution in [-0.4, -0.2) is 25.6 Å². The van der Waals surface area contributed by atoms with Crippen LogP contribution < -0.4 is 14.3 Å². The number of aryl methyl sites for hydroxylation is 2. The third kappa shape index (κ3) is 4.23. The molecule has 1 N–H and O–H groups in total. The highest BCUT2D eigenvalue weighted by Crippen LogP contribution is 2.22. The second-order valence-electron chi connectivity index (χ2n) is 6.34. The molecule has 0 aliphatic carbocycles. The average Bonchev–Trinajstić information content (AvgIpc) is 2.94. The number of rotatable bonds is 7. The molecule has 0 saturated heterocycles. The molecule has 0 saturated carbocycles. The second-order valence-corrected chi connectivity index (χ2v) is 9.05. The number of fused-ring (bicyclic) bond motifs is 1. The Hall–Kier alpha value is -2.16. The first-order valence-corrected chi connectivity index (χ1v) is 11.0. The van der Waals surface area contributed by atoms with Crippen LogP contribution in [0.2, 0.25) is 0 Å². The van der Waals surface area contributed by atoms with Gasteiger partial charge in [-0.05, 0) is 50.6 Å². The van der Waals surface area contributed by atoms with Crippen molar-refractivity contribution in [2.24, 2.45) is 0 Å². The van der Waals surface area contributed by atoms with E-state index in [9.17, 15) is 13.2 Å². The summed E-state index contributed by atoms with van der Waals surface area (Å²) in [5, 5.41) is 0. The van der Waals surface area contributed by atoms with E-state index in [2.05, 4.69) is 4.72 Å². The first kappa shape index (κ1) is 19.6. The van der Waals surface area contributed by atoms with Crippen LogP contribution in [0.25, 0.3) is 10.2 Å². The quantitative estimate of drug-likeness (QED) is 0.654. The Morgan fingerprint density at radius 3 is 2.67 bits per heavy atom.